The minimum Gasteiger partial charge on any atom is -0.508 e. The van der Waals surface area contributed by atoms with E-state index in [1.807, 2.05) is 13.8 Å². The summed E-state index contributed by atoms with van der Waals surface area (Å²) in [5.74, 6) is -0.119. The van der Waals surface area contributed by atoms with Crippen LogP contribution in [0.2, 0.25) is 0 Å². The first-order valence-corrected chi connectivity index (χ1v) is 8.67. The molecule has 0 aromatic heterocycles. The Morgan fingerprint density at radius 1 is 1.00 bits per heavy atom. The average molecular weight is 355 g/mol. The van der Waals surface area contributed by atoms with E-state index < -0.39 is 0 Å². The van der Waals surface area contributed by atoms with Crippen LogP contribution in [-0.2, 0) is 4.79 Å². The van der Waals surface area contributed by atoms with Gasteiger partial charge in [0.1, 0.15) is 5.75 Å². The van der Waals surface area contributed by atoms with E-state index in [9.17, 15) is 14.7 Å². The van der Waals surface area contributed by atoms with Gasteiger partial charge in [-0.25, -0.2) is 0 Å². The number of carbonyl (C=O) groups excluding carboxylic acids is 2. The summed E-state index contributed by atoms with van der Waals surface area (Å²) >= 11 is 0. The molecule has 0 spiro atoms. The van der Waals surface area contributed by atoms with Crippen LogP contribution in [0.1, 0.15) is 24.2 Å². The van der Waals surface area contributed by atoms with Crippen molar-refractivity contribution in [3.8, 4) is 5.75 Å². The second-order valence-electron chi connectivity index (χ2n) is 5.80. The first kappa shape index (κ1) is 19.5. The molecular formula is C20H25N3O3. The number of nitrogens with zero attached hydrogens (tertiary/aromatic N) is 2. The van der Waals surface area contributed by atoms with Crippen molar-refractivity contribution in [2.75, 3.05) is 31.6 Å². The van der Waals surface area contributed by atoms with Crippen LogP contribution in [0, 0.1) is 0 Å². The van der Waals surface area contributed by atoms with Crippen LogP contribution in [0.4, 0.5) is 11.4 Å². The van der Waals surface area contributed by atoms with Gasteiger partial charge in [-0.3, -0.25) is 14.5 Å². The van der Waals surface area contributed by atoms with Gasteiger partial charge in [0.05, 0.1) is 12.2 Å². The van der Waals surface area contributed by atoms with Crippen LogP contribution < -0.4 is 10.2 Å². The van der Waals surface area contributed by atoms with Crippen LogP contribution in [-0.4, -0.2) is 48.5 Å². The summed E-state index contributed by atoms with van der Waals surface area (Å²) in [7, 11) is 1.70. The minimum atomic E-state index is -0.166. The number of phenols is 1. The van der Waals surface area contributed by atoms with Crippen molar-refractivity contribution >= 4 is 23.2 Å². The lowest BCUT2D eigenvalue weighted by Crippen LogP contribution is -2.34. The van der Waals surface area contributed by atoms with E-state index in [0.29, 0.717) is 30.0 Å². The van der Waals surface area contributed by atoms with Gasteiger partial charge in [-0.1, -0.05) is 6.07 Å². The summed E-state index contributed by atoms with van der Waals surface area (Å²) in [6, 6.07) is 13.4. The Morgan fingerprint density at radius 2 is 1.65 bits per heavy atom. The number of aromatic hydroxyl groups is 1. The third-order valence-electron chi connectivity index (χ3n) is 4.09. The molecule has 138 valence electrons. The van der Waals surface area contributed by atoms with Crippen molar-refractivity contribution in [3.63, 3.8) is 0 Å². The SMILES string of the molecule is CCN(CC)C(=O)c1ccc(N(C(=O)CNC)c2cccc(O)c2)cc1. The summed E-state index contributed by atoms with van der Waals surface area (Å²) in [5.41, 5.74) is 1.77. The third kappa shape index (κ3) is 4.40. The molecule has 0 atom stereocenters. The van der Waals surface area contributed by atoms with Crippen LogP contribution in [0.25, 0.3) is 0 Å². The minimum absolute atomic E-state index is 0.0352. The van der Waals surface area contributed by atoms with Crippen molar-refractivity contribution in [1.82, 2.24) is 10.2 Å². The van der Waals surface area contributed by atoms with Crippen molar-refractivity contribution in [2.24, 2.45) is 0 Å². The molecule has 0 heterocycles. The lowest BCUT2D eigenvalue weighted by Gasteiger charge is -2.24. The van der Waals surface area contributed by atoms with Gasteiger partial charge in [-0.05, 0) is 57.3 Å². The van der Waals surface area contributed by atoms with E-state index in [0.717, 1.165) is 0 Å². The average Bonchev–Trinajstić information content (AvgIpc) is 2.64. The standard InChI is InChI=1S/C20H25N3O3/c1-4-22(5-2)20(26)15-9-11-16(12-10-15)23(19(25)14-21-3)17-7-6-8-18(24)13-17/h6-13,21,24H,4-5,14H2,1-3H3. The molecule has 0 aliphatic carbocycles. The van der Waals surface area contributed by atoms with E-state index in [2.05, 4.69) is 5.32 Å². The summed E-state index contributed by atoms with van der Waals surface area (Å²) in [6.45, 7) is 5.32. The maximum absolute atomic E-state index is 12.6. The second-order valence-corrected chi connectivity index (χ2v) is 5.80. The van der Waals surface area contributed by atoms with Gasteiger partial charge < -0.3 is 15.3 Å². The van der Waals surface area contributed by atoms with Gasteiger partial charge in [0.25, 0.3) is 5.91 Å². The molecule has 0 radical (unpaired) electrons. The number of rotatable bonds is 7. The van der Waals surface area contributed by atoms with E-state index in [-0.39, 0.29) is 24.1 Å². The molecule has 0 aliphatic rings. The van der Waals surface area contributed by atoms with E-state index >= 15 is 0 Å². The molecule has 2 aromatic rings. The Kier molecular flexibility index (Phi) is 6.74. The number of benzene rings is 2. The smallest absolute Gasteiger partial charge is 0.253 e. The fourth-order valence-electron chi connectivity index (χ4n) is 2.75. The molecule has 2 N–H and O–H groups in total. The molecule has 0 aliphatic heterocycles. The van der Waals surface area contributed by atoms with Gasteiger partial charge in [-0.2, -0.15) is 0 Å². The molecule has 0 unspecified atom stereocenters. The van der Waals surface area contributed by atoms with Gasteiger partial charge in [0.15, 0.2) is 0 Å². The van der Waals surface area contributed by atoms with E-state index in [1.54, 1.807) is 54.4 Å². The molecule has 0 bridgehead atoms. The monoisotopic (exact) mass is 355 g/mol. The number of anilines is 2. The quantitative estimate of drug-likeness (QED) is 0.801. The second kappa shape index (κ2) is 9.01. The Bertz CT molecular complexity index is 755. The molecule has 0 saturated heterocycles. The molecular weight excluding hydrogens is 330 g/mol. The highest BCUT2D eigenvalue weighted by Gasteiger charge is 2.19. The summed E-state index contributed by atoms with van der Waals surface area (Å²) in [6.07, 6.45) is 0. The number of amides is 2. The predicted octanol–water partition coefficient (Wildman–Crippen LogP) is 2.76. The van der Waals surface area contributed by atoms with Crippen LogP contribution in [0.3, 0.4) is 0 Å². The Balaban J connectivity index is 2.37. The number of nitrogens with one attached hydrogen (secondary N) is 1. The van der Waals surface area contributed by atoms with Crippen molar-refractivity contribution in [2.45, 2.75) is 13.8 Å². The summed E-state index contributed by atoms with van der Waals surface area (Å²) in [4.78, 5) is 28.3. The highest BCUT2D eigenvalue weighted by molar-refractivity contribution is 6.02. The molecule has 0 saturated carbocycles. The van der Waals surface area contributed by atoms with Crippen LogP contribution in [0.5, 0.6) is 5.75 Å². The number of hydrogen-bond acceptors (Lipinski definition) is 4. The maximum atomic E-state index is 12.6. The first-order chi connectivity index (χ1) is 12.5. The molecule has 2 amide bonds. The van der Waals surface area contributed by atoms with Gasteiger partial charge >= 0.3 is 0 Å². The lowest BCUT2D eigenvalue weighted by molar-refractivity contribution is -0.117. The zero-order valence-electron chi connectivity index (χ0n) is 15.4. The van der Waals surface area contributed by atoms with Gasteiger partial charge in [0, 0.05) is 30.4 Å². The molecule has 6 nitrogen and oxygen atoms in total. The van der Waals surface area contributed by atoms with Crippen LogP contribution in [0.15, 0.2) is 48.5 Å². The molecule has 26 heavy (non-hydrogen) atoms. The fourth-order valence-corrected chi connectivity index (χ4v) is 2.75. The van der Waals surface area contributed by atoms with Gasteiger partial charge in [0.2, 0.25) is 5.91 Å². The molecule has 0 fully saturated rings. The van der Waals surface area contributed by atoms with Crippen LogP contribution >= 0.6 is 0 Å². The number of likely N-dealkylation sites (N-methyl/N-ethyl adjacent to an activating group) is 1. The number of carbonyl (C=O) groups is 2. The molecule has 6 heteroatoms. The Morgan fingerprint density at radius 3 is 2.19 bits per heavy atom. The summed E-state index contributed by atoms with van der Waals surface area (Å²) in [5, 5.41) is 12.6. The van der Waals surface area contributed by atoms with Gasteiger partial charge in [-0.15, -0.1) is 0 Å². The third-order valence-corrected chi connectivity index (χ3v) is 4.09. The Labute approximate surface area is 154 Å². The van der Waals surface area contributed by atoms with Crippen molar-refractivity contribution < 1.29 is 14.7 Å². The lowest BCUT2D eigenvalue weighted by atomic mass is 10.1. The van der Waals surface area contributed by atoms with E-state index in [1.165, 1.54) is 11.0 Å². The fraction of sp³-hybridized carbons (Fsp3) is 0.300. The van der Waals surface area contributed by atoms with E-state index in [4.69, 9.17) is 0 Å². The Hall–Kier alpha value is -2.86. The first-order valence-electron chi connectivity index (χ1n) is 8.67. The highest BCUT2D eigenvalue weighted by Crippen LogP contribution is 2.28. The molecule has 2 aromatic carbocycles. The topological polar surface area (TPSA) is 72.9 Å². The highest BCUT2D eigenvalue weighted by atomic mass is 16.3. The normalized spacial score (nSPS) is 10.4. The zero-order valence-corrected chi connectivity index (χ0v) is 15.4. The van der Waals surface area contributed by atoms with Crippen molar-refractivity contribution in [3.05, 3.63) is 54.1 Å². The van der Waals surface area contributed by atoms with Crippen molar-refractivity contribution in [1.29, 1.82) is 0 Å². The maximum Gasteiger partial charge on any atom is 0.253 e. The zero-order chi connectivity index (χ0) is 19.1. The number of phenolic OH excluding ortho intramolecular Hbond substituents is 1. The molecule has 2 rings (SSSR count). The largest absolute Gasteiger partial charge is 0.508 e. The number of hydrogen-bond donors (Lipinski definition) is 2. The predicted molar refractivity (Wildman–Crippen MR) is 103 cm³/mol. The summed E-state index contributed by atoms with van der Waals surface area (Å²) < 4.78 is 0.